The van der Waals surface area contributed by atoms with E-state index in [4.69, 9.17) is 4.74 Å². The van der Waals surface area contributed by atoms with Gasteiger partial charge in [-0.2, -0.15) is 9.61 Å². The zero-order chi connectivity index (χ0) is 16.9. The van der Waals surface area contributed by atoms with Gasteiger partial charge < -0.3 is 10.1 Å². The largest absolute Gasteiger partial charge is 0.497 e. The van der Waals surface area contributed by atoms with Gasteiger partial charge in [0.1, 0.15) is 10.8 Å². The number of nitrogens with one attached hydrogen (secondary N) is 1. The molecule has 1 N–H and O–H groups in total. The van der Waals surface area contributed by atoms with Crippen LogP contribution < -0.4 is 10.1 Å². The lowest BCUT2D eigenvalue weighted by molar-refractivity contribution is -0.121. The summed E-state index contributed by atoms with van der Waals surface area (Å²) in [5.74, 6) is 1.62. The van der Waals surface area contributed by atoms with Gasteiger partial charge in [-0.25, -0.2) is 0 Å². The third-order valence-corrected chi connectivity index (χ3v) is 4.58. The molecule has 0 aliphatic carbocycles. The average molecular weight is 345 g/mol. The van der Waals surface area contributed by atoms with E-state index in [1.807, 2.05) is 31.2 Å². The molecule has 0 saturated heterocycles. The summed E-state index contributed by atoms with van der Waals surface area (Å²) in [4.78, 5) is 12.7. The van der Waals surface area contributed by atoms with E-state index < -0.39 is 0 Å². The molecule has 0 bridgehead atoms. The first-order valence-corrected chi connectivity index (χ1v) is 8.54. The Balaban J connectivity index is 1.43. The van der Waals surface area contributed by atoms with Gasteiger partial charge in [-0.05, 0) is 31.0 Å². The molecule has 24 heavy (non-hydrogen) atoms. The Morgan fingerprint density at radius 1 is 1.33 bits per heavy atom. The molecule has 7 nitrogen and oxygen atoms in total. The van der Waals surface area contributed by atoms with Crippen LogP contribution in [0, 0.1) is 6.92 Å². The van der Waals surface area contributed by atoms with Gasteiger partial charge in [0.25, 0.3) is 0 Å². The van der Waals surface area contributed by atoms with Gasteiger partial charge >= 0.3 is 0 Å². The minimum Gasteiger partial charge on any atom is -0.497 e. The maximum absolute atomic E-state index is 12.0. The number of hydrogen-bond donors (Lipinski definition) is 1. The number of benzene rings is 1. The first-order chi connectivity index (χ1) is 11.7. The van der Waals surface area contributed by atoms with Crippen LogP contribution >= 0.6 is 11.3 Å². The summed E-state index contributed by atoms with van der Waals surface area (Å²) in [6, 6.07) is 7.78. The lowest BCUT2D eigenvalue weighted by Crippen LogP contribution is -2.25. The average Bonchev–Trinajstić information content (AvgIpc) is 3.15. The number of methoxy groups -OCH3 is 1. The molecule has 1 amide bonds. The molecule has 0 atom stereocenters. The lowest BCUT2D eigenvalue weighted by Gasteiger charge is -2.05. The van der Waals surface area contributed by atoms with Gasteiger partial charge in [-0.3, -0.25) is 4.79 Å². The lowest BCUT2D eigenvalue weighted by atomic mass is 10.1. The second-order valence-corrected chi connectivity index (χ2v) is 6.43. The molecule has 1 aromatic carbocycles. The smallest absolute Gasteiger partial charge is 0.234 e. The number of nitrogens with zero attached hydrogens (tertiary/aromatic N) is 4. The van der Waals surface area contributed by atoms with E-state index in [1.165, 1.54) is 11.3 Å². The van der Waals surface area contributed by atoms with Crippen molar-refractivity contribution in [1.29, 1.82) is 0 Å². The maximum Gasteiger partial charge on any atom is 0.234 e. The summed E-state index contributed by atoms with van der Waals surface area (Å²) in [6.07, 6.45) is 1.84. The Morgan fingerprint density at radius 2 is 2.21 bits per heavy atom. The third-order valence-electron chi connectivity index (χ3n) is 3.62. The fourth-order valence-corrected chi connectivity index (χ4v) is 3.22. The summed E-state index contributed by atoms with van der Waals surface area (Å²) in [5.41, 5.74) is 1.09. The molecule has 8 heteroatoms. The van der Waals surface area contributed by atoms with Crippen LogP contribution in [0.5, 0.6) is 5.75 Å². The van der Waals surface area contributed by atoms with Crippen molar-refractivity contribution in [1.82, 2.24) is 25.1 Å². The molecule has 3 rings (SSSR count). The summed E-state index contributed by atoms with van der Waals surface area (Å²) < 4.78 is 6.91. The van der Waals surface area contributed by atoms with E-state index in [-0.39, 0.29) is 5.91 Å². The maximum atomic E-state index is 12.0. The number of rotatable bonds is 7. The number of aryl methyl sites for hydroxylation is 2. The first-order valence-electron chi connectivity index (χ1n) is 7.73. The van der Waals surface area contributed by atoms with E-state index in [1.54, 1.807) is 11.6 Å². The second-order valence-electron chi connectivity index (χ2n) is 5.39. The topological polar surface area (TPSA) is 81.4 Å². The Bertz CT molecular complexity index is 842. The van der Waals surface area contributed by atoms with Crippen LogP contribution in [-0.4, -0.2) is 39.4 Å². The van der Waals surface area contributed by atoms with Crippen molar-refractivity contribution in [3.63, 3.8) is 0 Å². The van der Waals surface area contributed by atoms with Crippen molar-refractivity contribution in [2.45, 2.75) is 26.2 Å². The molecule has 0 unspecified atom stereocenters. The summed E-state index contributed by atoms with van der Waals surface area (Å²) in [7, 11) is 1.64. The molecular formula is C16H19N5O2S. The molecule has 0 spiro atoms. The summed E-state index contributed by atoms with van der Waals surface area (Å²) in [6.45, 7) is 2.43. The quantitative estimate of drug-likeness (QED) is 0.706. The van der Waals surface area contributed by atoms with E-state index in [2.05, 4.69) is 20.6 Å². The summed E-state index contributed by atoms with van der Waals surface area (Å²) >= 11 is 1.50. The molecule has 3 aromatic rings. The van der Waals surface area contributed by atoms with Gasteiger partial charge in [0.2, 0.25) is 10.9 Å². The highest BCUT2D eigenvalue weighted by atomic mass is 32.1. The zero-order valence-corrected chi connectivity index (χ0v) is 14.5. The Morgan fingerprint density at radius 3 is 3.00 bits per heavy atom. The Hall–Kier alpha value is -2.48. The van der Waals surface area contributed by atoms with Gasteiger partial charge in [-0.1, -0.05) is 23.5 Å². The van der Waals surface area contributed by atoms with E-state index in [9.17, 15) is 4.79 Å². The van der Waals surface area contributed by atoms with Crippen LogP contribution in [0.1, 0.15) is 22.8 Å². The number of carbonyl (C=O) groups excluding carboxylic acids is 1. The van der Waals surface area contributed by atoms with Crippen molar-refractivity contribution in [3.05, 3.63) is 40.7 Å². The van der Waals surface area contributed by atoms with Gasteiger partial charge in [0.05, 0.1) is 7.11 Å². The number of amides is 1. The first kappa shape index (κ1) is 16.4. The van der Waals surface area contributed by atoms with Crippen LogP contribution in [0.3, 0.4) is 0 Å². The Labute approximate surface area is 143 Å². The van der Waals surface area contributed by atoms with Crippen LogP contribution in [0.25, 0.3) is 4.96 Å². The molecule has 0 radical (unpaired) electrons. The number of aromatic nitrogens is 4. The van der Waals surface area contributed by atoms with Crippen LogP contribution in [0.4, 0.5) is 0 Å². The number of fused-ring (bicyclic) bond motifs is 1. The van der Waals surface area contributed by atoms with Crippen molar-refractivity contribution in [3.8, 4) is 5.75 Å². The fraction of sp³-hybridized carbons (Fsp3) is 0.375. The van der Waals surface area contributed by atoms with Crippen molar-refractivity contribution in [2.24, 2.45) is 0 Å². The molecule has 0 fully saturated rings. The standard InChI is InChI=1S/C16H19N5O2S/c1-11-18-19-16-21(11)20-15(24-16)8-9-17-14(22)7-6-12-4-3-5-13(10-12)23-2/h3-5,10H,6-9H2,1-2H3,(H,17,22). The SMILES string of the molecule is COc1cccc(CCC(=O)NCCc2nn3c(C)nnc3s2)c1. The van der Waals surface area contributed by atoms with Crippen LogP contribution in [0.2, 0.25) is 0 Å². The highest BCUT2D eigenvalue weighted by Gasteiger charge is 2.09. The Kier molecular flexibility index (Phi) is 5.05. The van der Waals surface area contributed by atoms with Gasteiger partial charge in [0, 0.05) is 19.4 Å². The number of hydrogen-bond acceptors (Lipinski definition) is 6. The number of carbonyl (C=O) groups is 1. The molecular weight excluding hydrogens is 326 g/mol. The predicted molar refractivity (Wildman–Crippen MR) is 91.4 cm³/mol. The van der Waals surface area contributed by atoms with Crippen LogP contribution in [0.15, 0.2) is 24.3 Å². The highest BCUT2D eigenvalue weighted by molar-refractivity contribution is 7.16. The van der Waals surface area contributed by atoms with E-state index in [0.717, 1.165) is 27.1 Å². The molecule has 126 valence electrons. The van der Waals surface area contributed by atoms with E-state index in [0.29, 0.717) is 25.8 Å². The molecule has 0 saturated carbocycles. The van der Waals surface area contributed by atoms with Crippen molar-refractivity contribution < 1.29 is 9.53 Å². The molecule has 2 aromatic heterocycles. The predicted octanol–water partition coefficient (Wildman–Crippen LogP) is 1.79. The highest BCUT2D eigenvalue weighted by Crippen LogP contribution is 2.15. The normalized spacial score (nSPS) is 10.9. The van der Waals surface area contributed by atoms with Crippen molar-refractivity contribution in [2.75, 3.05) is 13.7 Å². The van der Waals surface area contributed by atoms with Gasteiger partial charge in [-0.15, -0.1) is 10.2 Å². The second kappa shape index (κ2) is 7.39. The van der Waals surface area contributed by atoms with Crippen LogP contribution in [-0.2, 0) is 17.6 Å². The summed E-state index contributed by atoms with van der Waals surface area (Å²) in [5, 5.41) is 16.3. The fourth-order valence-electron chi connectivity index (χ4n) is 2.34. The zero-order valence-electron chi connectivity index (χ0n) is 13.7. The van der Waals surface area contributed by atoms with Crippen molar-refractivity contribution >= 4 is 22.2 Å². The third kappa shape index (κ3) is 3.88. The van der Waals surface area contributed by atoms with E-state index >= 15 is 0 Å². The molecule has 2 heterocycles. The molecule has 0 aliphatic heterocycles. The van der Waals surface area contributed by atoms with Gasteiger partial charge in [0.15, 0.2) is 5.82 Å². The molecule has 0 aliphatic rings. The minimum atomic E-state index is 0.0389. The number of ether oxygens (including phenoxy) is 1. The monoisotopic (exact) mass is 345 g/mol. The minimum absolute atomic E-state index is 0.0389.